The van der Waals surface area contributed by atoms with E-state index < -0.39 is 179 Å². The highest BCUT2D eigenvalue weighted by molar-refractivity contribution is 14.1. The summed E-state index contributed by atoms with van der Waals surface area (Å²) in [4.78, 5) is 4.09. The van der Waals surface area contributed by atoms with E-state index in [1.165, 1.54) is 0 Å². The first kappa shape index (κ1) is 51.4. The molecular weight excluding hydrogens is 1100 g/mol. The second-order valence-corrected chi connectivity index (χ2v) is 14.5. The topological polar surface area (TPSA) is 63.2 Å². The van der Waals surface area contributed by atoms with Gasteiger partial charge in [0.1, 0.15) is 0 Å². The molecule has 5 rings (SSSR count). The lowest BCUT2D eigenvalue weighted by atomic mass is 9.98. The van der Waals surface area contributed by atoms with Gasteiger partial charge >= 0.3 is 72.1 Å². The molecule has 4 N–H and O–H groups in total. The van der Waals surface area contributed by atoms with E-state index in [-0.39, 0.29) is 6.07 Å². The number of H-pyrrole nitrogens is 4. The van der Waals surface area contributed by atoms with Crippen molar-refractivity contribution >= 4 is 44.9 Å². The number of alkyl halides is 28. The summed E-state index contributed by atoms with van der Waals surface area (Å²) < 4.78 is 404. The Labute approximate surface area is 349 Å². The third-order valence-corrected chi connectivity index (χ3v) is 10.1. The van der Waals surface area contributed by atoms with Crippen molar-refractivity contribution in [3.8, 4) is 0 Å². The zero-order chi connectivity index (χ0) is 50.3. The molecule has 5 heterocycles. The predicted molar refractivity (Wildman–Crippen MR) is 168 cm³/mol. The van der Waals surface area contributed by atoms with Gasteiger partial charge in [-0.25, -0.2) is 0 Å². The van der Waals surface area contributed by atoms with E-state index in [2.05, 4.69) is 0 Å². The Morgan fingerprint density at radius 3 is 0.815 bits per heavy atom. The number of halogens is 29. The van der Waals surface area contributed by atoms with Gasteiger partial charge in [0.05, 0.1) is 66.5 Å². The van der Waals surface area contributed by atoms with Crippen LogP contribution in [-0.2, 0) is 0 Å². The van der Waals surface area contributed by atoms with Crippen LogP contribution in [0.1, 0.15) is 22.8 Å². The van der Waals surface area contributed by atoms with Crippen molar-refractivity contribution in [1.29, 1.82) is 0 Å². The van der Waals surface area contributed by atoms with Crippen LogP contribution in [0.15, 0.2) is 42.5 Å². The first-order valence-electron chi connectivity index (χ1n) is 16.0. The van der Waals surface area contributed by atoms with Gasteiger partial charge in [-0.1, -0.05) is 0 Å². The number of aromatic nitrogens is 4. The van der Waals surface area contributed by atoms with Crippen LogP contribution in [0.25, 0.3) is 22.3 Å². The van der Waals surface area contributed by atoms with Crippen LogP contribution in [0, 0.1) is 3.57 Å². The van der Waals surface area contributed by atoms with E-state index in [9.17, 15) is 87.8 Å². The van der Waals surface area contributed by atoms with Crippen LogP contribution < -0.4 is 21.4 Å². The summed E-state index contributed by atoms with van der Waals surface area (Å²) in [6.07, 6.45) is -29.8. The monoisotopic (exact) mass is 1110 g/mol. The Bertz CT molecular complexity index is 2750. The average molecular weight is 1110 g/mol. The minimum atomic E-state index is -7.49. The highest BCUT2D eigenvalue weighted by Gasteiger charge is 2.78. The zero-order valence-corrected chi connectivity index (χ0v) is 31.7. The molecule has 4 aromatic rings. The fourth-order valence-corrected chi connectivity index (χ4v) is 6.77. The normalized spacial score (nSPS) is 16.3. The van der Waals surface area contributed by atoms with Crippen molar-refractivity contribution in [2.24, 2.45) is 0 Å². The molecule has 1 aliphatic heterocycles. The van der Waals surface area contributed by atoms with Gasteiger partial charge in [-0.2, -0.15) is 123 Å². The molecule has 65 heavy (non-hydrogen) atoms. The molecule has 0 spiro atoms. The summed E-state index contributed by atoms with van der Waals surface area (Å²) in [5, 5.41) is -9.13. The first-order valence-corrected chi connectivity index (χ1v) is 17.1. The summed E-state index contributed by atoms with van der Waals surface area (Å²) >= 11 is 0.485. The molecule has 0 fully saturated rings. The van der Waals surface area contributed by atoms with E-state index in [4.69, 9.17) is 0 Å². The Morgan fingerprint density at radius 1 is 0.292 bits per heavy atom. The fraction of sp³-hybridized carbons (Fsp3) is 0.375. The highest BCUT2D eigenvalue weighted by Crippen LogP contribution is 2.56. The Hall–Kier alpha value is -4.63. The van der Waals surface area contributed by atoms with E-state index >= 15 is 35.1 Å². The smallest absolute Gasteiger partial charge is 0.355 e. The van der Waals surface area contributed by atoms with Gasteiger partial charge in [0, 0.05) is 3.57 Å². The maximum atomic E-state index is 15.8. The number of hydrogen-bond acceptors (Lipinski definition) is 0. The third kappa shape index (κ3) is 7.41. The molecule has 1 aliphatic rings. The average Bonchev–Trinajstić information content (AvgIpc) is 3.93. The molecule has 0 saturated heterocycles. The second kappa shape index (κ2) is 14.7. The van der Waals surface area contributed by atoms with Crippen molar-refractivity contribution in [3.63, 3.8) is 0 Å². The van der Waals surface area contributed by atoms with E-state index in [0.29, 0.717) is 22.6 Å². The molecule has 0 radical (unpaired) electrons. The van der Waals surface area contributed by atoms with Crippen LogP contribution in [0.3, 0.4) is 0 Å². The van der Waals surface area contributed by atoms with Crippen molar-refractivity contribution in [3.05, 3.63) is 90.2 Å². The van der Waals surface area contributed by atoms with Gasteiger partial charge in [0.15, 0.2) is 0 Å². The van der Waals surface area contributed by atoms with Crippen LogP contribution in [0.4, 0.5) is 123 Å². The maximum absolute atomic E-state index is 15.8. The molecular formula is C32H11F28IN4. The molecule has 0 aliphatic carbocycles. The summed E-state index contributed by atoms with van der Waals surface area (Å²) in [6.45, 7) is 0. The first-order chi connectivity index (χ1) is 28.8. The lowest BCUT2D eigenvalue weighted by molar-refractivity contribution is -0.339. The van der Waals surface area contributed by atoms with Crippen LogP contribution in [0.5, 0.6) is 0 Å². The summed E-state index contributed by atoms with van der Waals surface area (Å²) in [5.74, 6) is -58.0. The summed E-state index contributed by atoms with van der Waals surface area (Å²) in [7, 11) is 0. The Kier molecular flexibility index (Phi) is 11.6. The summed E-state index contributed by atoms with van der Waals surface area (Å²) in [5.41, 5.74) is -21.5. The minimum Gasteiger partial charge on any atom is -0.355 e. The molecule has 4 nitrogen and oxygen atoms in total. The zero-order valence-electron chi connectivity index (χ0n) is 29.5. The predicted octanol–water partition coefficient (Wildman–Crippen LogP) is 10.0. The van der Waals surface area contributed by atoms with Crippen molar-refractivity contribution < 1.29 is 123 Å². The molecule has 0 amide bonds. The molecule has 0 aromatic carbocycles. The number of aromatic amines is 4. The molecule has 33 heteroatoms. The molecule has 362 valence electrons. The van der Waals surface area contributed by atoms with E-state index in [1.807, 2.05) is 0 Å². The van der Waals surface area contributed by atoms with E-state index in [1.54, 1.807) is 0 Å². The molecule has 0 saturated carbocycles. The Morgan fingerprint density at radius 2 is 0.538 bits per heavy atom. The molecule has 4 aromatic heterocycles. The van der Waals surface area contributed by atoms with Crippen LogP contribution in [0.2, 0.25) is 0 Å². The van der Waals surface area contributed by atoms with Crippen molar-refractivity contribution in [2.75, 3.05) is 0 Å². The second-order valence-electron chi connectivity index (χ2n) is 13.3. The van der Waals surface area contributed by atoms with Gasteiger partial charge in [-0.15, -0.1) is 0 Å². The summed E-state index contributed by atoms with van der Waals surface area (Å²) in [6, 6.07) is -2.92. The van der Waals surface area contributed by atoms with Gasteiger partial charge in [-0.05, 0) is 65.1 Å². The largest absolute Gasteiger partial charge is 0.460 e. The van der Waals surface area contributed by atoms with E-state index in [0.717, 1.165) is 19.9 Å². The lowest BCUT2D eigenvalue weighted by Crippen LogP contribution is -2.54. The van der Waals surface area contributed by atoms with Crippen molar-refractivity contribution in [2.45, 2.75) is 72.1 Å². The Balaban J connectivity index is 2.21. The van der Waals surface area contributed by atoms with Crippen LogP contribution in [-0.4, -0.2) is 92.0 Å². The number of fused-ring (bicyclic) bond motifs is 8. The molecule has 0 atom stereocenters. The van der Waals surface area contributed by atoms with Crippen molar-refractivity contribution in [1.82, 2.24) is 19.9 Å². The van der Waals surface area contributed by atoms with Gasteiger partial charge in [0.2, 0.25) is 0 Å². The highest BCUT2D eigenvalue weighted by atomic mass is 127. The van der Waals surface area contributed by atoms with Crippen LogP contribution >= 0.6 is 22.6 Å². The number of hydrogen-bond donors (Lipinski definition) is 4. The maximum Gasteiger partial charge on any atom is 0.460 e. The standard InChI is InChI=1S/C32H11F28IN4/c33-21(34,25(41,42)29(49,50)51)16-9-1-2-10(62-9)17(22(35,36)26(43,44)30(52,53)54)12-5-6-14(64-12)19(24(39,40)28(47,48)32(58,59)60)20-8(61)7-15(65-20)18(13-4-3-11(16)63-13)23(37,38)27(45,46)31(55,56)57/h1-7,62-65H. The number of rotatable bonds is 8. The fourth-order valence-electron chi connectivity index (χ4n) is 6.06. The van der Waals surface area contributed by atoms with Gasteiger partial charge in [0.25, 0.3) is 0 Å². The molecule has 0 unspecified atom stereocenters. The third-order valence-electron chi connectivity index (χ3n) is 9.22. The molecule has 8 bridgehead atoms. The number of nitrogens with one attached hydrogen (secondary N) is 4. The van der Waals surface area contributed by atoms with Gasteiger partial charge < -0.3 is 19.9 Å². The SMILES string of the molecule is FC(F)(F)C(F)(F)C(F)(F)C1=c2ccc([nH]2)=C(C(F)(F)C(F)(F)C(F)(F)F)c2ccc([nH]2)C(C(F)(F)C(F)(F)C(F)(F)F)=c2[nH]c(cc2I)=C(C(F)(F)C(F)(F)C(F)(F)F)c2ccc1[nH]2. The minimum absolute atomic E-state index is 0.362. The lowest BCUT2D eigenvalue weighted by Gasteiger charge is -2.30. The quantitative estimate of drug-likeness (QED) is 0.100. The van der Waals surface area contributed by atoms with Gasteiger partial charge in [-0.3, -0.25) is 0 Å².